The molecule has 4 heteroatoms. The molecule has 1 rings (SSSR count). The van der Waals surface area contributed by atoms with Crippen LogP contribution in [0.1, 0.15) is 31.8 Å². The molecule has 0 fully saturated rings. The monoisotopic (exact) mass is 305 g/mol. The molecule has 0 aromatic carbocycles. The van der Waals surface area contributed by atoms with Gasteiger partial charge in [-0.1, -0.05) is 20.3 Å². The summed E-state index contributed by atoms with van der Waals surface area (Å²) in [4.78, 5) is 8.95. The van der Waals surface area contributed by atoms with Crippen LogP contribution in [0.3, 0.4) is 0 Å². The van der Waals surface area contributed by atoms with E-state index in [2.05, 4.69) is 51.7 Å². The van der Waals surface area contributed by atoms with E-state index in [9.17, 15) is 0 Å². The topological polar surface area (TPSA) is 37.8 Å². The van der Waals surface area contributed by atoms with Crippen molar-refractivity contribution in [1.29, 1.82) is 0 Å². The molecule has 0 radical (unpaired) electrons. The van der Waals surface area contributed by atoms with Crippen LogP contribution in [0.15, 0.2) is 0 Å². The van der Waals surface area contributed by atoms with Crippen molar-refractivity contribution in [3.8, 4) is 0 Å². The van der Waals surface area contributed by atoms with E-state index in [0.717, 1.165) is 34.5 Å². The fraction of sp³-hybridized carbons (Fsp3) is 0.600. The lowest BCUT2D eigenvalue weighted by Gasteiger charge is -2.09. The number of hydrogen-bond donors (Lipinski definition) is 1. The molecule has 0 bridgehead atoms. The summed E-state index contributed by atoms with van der Waals surface area (Å²) in [6.45, 7) is 4.25. The summed E-state index contributed by atoms with van der Waals surface area (Å²) in [7, 11) is 1.90. The Morgan fingerprint density at radius 1 is 1.29 bits per heavy atom. The zero-order valence-electron chi connectivity index (χ0n) is 8.89. The first-order valence-electron chi connectivity index (χ1n) is 4.95. The van der Waals surface area contributed by atoms with Crippen LogP contribution in [0.25, 0.3) is 0 Å². The first-order valence-corrected chi connectivity index (χ1v) is 6.03. The Morgan fingerprint density at radius 3 is 2.50 bits per heavy atom. The number of aryl methyl sites for hydroxylation is 2. The second-order valence-electron chi connectivity index (χ2n) is 3.10. The minimum atomic E-state index is 0.891. The molecule has 0 amide bonds. The number of nitrogens with zero attached hydrogens (tertiary/aromatic N) is 2. The van der Waals surface area contributed by atoms with Gasteiger partial charge < -0.3 is 5.32 Å². The van der Waals surface area contributed by atoms with Crippen LogP contribution in [-0.4, -0.2) is 17.0 Å². The molecular weight excluding hydrogens is 289 g/mol. The van der Waals surface area contributed by atoms with Gasteiger partial charge in [-0.15, -0.1) is 0 Å². The molecule has 0 atom stereocenters. The van der Waals surface area contributed by atoms with Crippen LogP contribution in [0.5, 0.6) is 0 Å². The summed E-state index contributed by atoms with van der Waals surface area (Å²) in [6, 6.07) is 0. The normalized spacial score (nSPS) is 10.3. The summed E-state index contributed by atoms with van der Waals surface area (Å²) in [5.74, 6) is 1.89. The zero-order valence-corrected chi connectivity index (χ0v) is 11.1. The summed E-state index contributed by atoms with van der Waals surface area (Å²) in [5.41, 5.74) is 1.17. The maximum absolute atomic E-state index is 4.53. The van der Waals surface area contributed by atoms with Crippen molar-refractivity contribution in [2.75, 3.05) is 12.4 Å². The van der Waals surface area contributed by atoms with Gasteiger partial charge in [0.15, 0.2) is 0 Å². The second kappa shape index (κ2) is 5.48. The van der Waals surface area contributed by atoms with Gasteiger partial charge >= 0.3 is 0 Å². The van der Waals surface area contributed by atoms with Crippen LogP contribution in [0.2, 0.25) is 0 Å². The molecule has 1 N–H and O–H groups in total. The first-order chi connectivity index (χ1) is 6.72. The van der Waals surface area contributed by atoms with E-state index in [1.54, 1.807) is 0 Å². The molecule has 3 nitrogen and oxygen atoms in total. The molecule has 1 aromatic rings. The van der Waals surface area contributed by atoms with Gasteiger partial charge in [0.05, 0.1) is 9.26 Å². The van der Waals surface area contributed by atoms with Gasteiger partial charge in [0.2, 0.25) is 0 Å². The standard InChI is InChI=1S/C10H16IN3/c1-4-6-7-9(11)10(12-3)14-8(5-2)13-7/h4-6H2,1-3H3,(H,12,13,14). The number of hydrogen-bond acceptors (Lipinski definition) is 3. The maximum atomic E-state index is 4.53. The maximum Gasteiger partial charge on any atom is 0.143 e. The third-order valence-electron chi connectivity index (χ3n) is 2.01. The fourth-order valence-electron chi connectivity index (χ4n) is 1.27. The van der Waals surface area contributed by atoms with Crippen molar-refractivity contribution < 1.29 is 0 Å². The zero-order chi connectivity index (χ0) is 10.6. The van der Waals surface area contributed by atoms with Gasteiger partial charge in [0, 0.05) is 13.5 Å². The summed E-state index contributed by atoms with van der Waals surface area (Å²) < 4.78 is 1.16. The van der Waals surface area contributed by atoms with Gasteiger partial charge in [-0.2, -0.15) is 0 Å². The molecular formula is C10H16IN3. The summed E-state index contributed by atoms with van der Waals surface area (Å²) in [5, 5.41) is 3.11. The van der Waals surface area contributed by atoms with Crippen LogP contribution in [0.4, 0.5) is 5.82 Å². The third-order valence-corrected chi connectivity index (χ3v) is 3.14. The van der Waals surface area contributed by atoms with Gasteiger partial charge in [-0.25, -0.2) is 9.97 Å². The molecule has 0 saturated heterocycles. The quantitative estimate of drug-likeness (QED) is 0.869. The number of nitrogens with one attached hydrogen (secondary N) is 1. The van der Waals surface area contributed by atoms with Crippen LogP contribution >= 0.6 is 22.6 Å². The SMILES string of the molecule is CCCc1nc(CC)nc(NC)c1I. The third kappa shape index (κ3) is 2.56. The molecule has 0 aliphatic heterocycles. The van der Waals surface area contributed by atoms with Gasteiger partial charge in [0.25, 0.3) is 0 Å². The molecule has 1 aromatic heterocycles. The minimum absolute atomic E-state index is 0.891. The molecule has 78 valence electrons. The molecule has 0 aliphatic carbocycles. The van der Waals surface area contributed by atoms with Gasteiger partial charge in [0.1, 0.15) is 11.6 Å². The van der Waals surface area contributed by atoms with E-state index in [-0.39, 0.29) is 0 Å². The fourth-order valence-corrected chi connectivity index (χ4v) is 2.05. The van der Waals surface area contributed by atoms with Crippen molar-refractivity contribution in [2.45, 2.75) is 33.1 Å². The average Bonchev–Trinajstić information content (AvgIpc) is 2.21. The number of halogens is 1. The highest BCUT2D eigenvalue weighted by atomic mass is 127. The Hall–Kier alpha value is -0.390. The molecule has 14 heavy (non-hydrogen) atoms. The molecule has 0 aliphatic rings. The van der Waals surface area contributed by atoms with Crippen LogP contribution < -0.4 is 5.32 Å². The number of aromatic nitrogens is 2. The van der Waals surface area contributed by atoms with Crippen LogP contribution in [-0.2, 0) is 12.8 Å². The first kappa shape index (κ1) is 11.7. The lowest BCUT2D eigenvalue weighted by molar-refractivity contribution is 0.827. The van der Waals surface area contributed by atoms with Crippen molar-refractivity contribution in [2.24, 2.45) is 0 Å². The van der Waals surface area contributed by atoms with Crippen molar-refractivity contribution in [3.05, 3.63) is 15.1 Å². The largest absolute Gasteiger partial charge is 0.372 e. The number of rotatable bonds is 4. The van der Waals surface area contributed by atoms with Crippen molar-refractivity contribution in [1.82, 2.24) is 9.97 Å². The Kier molecular flexibility index (Phi) is 4.57. The highest BCUT2D eigenvalue weighted by Gasteiger charge is 2.09. The van der Waals surface area contributed by atoms with Crippen LogP contribution in [0, 0.1) is 3.57 Å². The Morgan fingerprint density at radius 2 is 2.00 bits per heavy atom. The number of anilines is 1. The van der Waals surface area contributed by atoms with E-state index in [1.165, 1.54) is 5.69 Å². The van der Waals surface area contributed by atoms with E-state index in [4.69, 9.17) is 0 Å². The lowest BCUT2D eigenvalue weighted by Crippen LogP contribution is -2.06. The minimum Gasteiger partial charge on any atom is -0.372 e. The van der Waals surface area contributed by atoms with E-state index < -0.39 is 0 Å². The van der Waals surface area contributed by atoms with Crippen molar-refractivity contribution >= 4 is 28.4 Å². The molecule has 0 spiro atoms. The smallest absolute Gasteiger partial charge is 0.143 e. The van der Waals surface area contributed by atoms with Crippen molar-refractivity contribution in [3.63, 3.8) is 0 Å². The predicted octanol–water partition coefficient (Wildman–Crippen LogP) is 2.64. The summed E-state index contributed by atoms with van der Waals surface area (Å²) in [6.07, 6.45) is 3.05. The highest BCUT2D eigenvalue weighted by molar-refractivity contribution is 14.1. The Balaban J connectivity index is 3.12. The van der Waals surface area contributed by atoms with E-state index >= 15 is 0 Å². The predicted molar refractivity (Wildman–Crippen MR) is 67.7 cm³/mol. The lowest BCUT2D eigenvalue weighted by atomic mass is 10.2. The van der Waals surface area contributed by atoms with Gasteiger partial charge in [-0.3, -0.25) is 0 Å². The molecule has 1 heterocycles. The molecule has 0 unspecified atom stereocenters. The Bertz CT molecular complexity index is 312. The summed E-state index contributed by atoms with van der Waals surface area (Å²) >= 11 is 2.31. The Labute approximate surface area is 98.9 Å². The van der Waals surface area contributed by atoms with E-state index in [1.807, 2.05) is 7.05 Å². The van der Waals surface area contributed by atoms with Gasteiger partial charge in [-0.05, 0) is 29.0 Å². The molecule has 0 saturated carbocycles. The average molecular weight is 305 g/mol. The second-order valence-corrected chi connectivity index (χ2v) is 4.18. The highest BCUT2D eigenvalue weighted by Crippen LogP contribution is 2.20. The van der Waals surface area contributed by atoms with E-state index in [0.29, 0.717) is 0 Å².